The van der Waals surface area contributed by atoms with E-state index in [1.165, 1.54) is 5.56 Å². The number of pyridine rings is 1. The first kappa shape index (κ1) is 20.7. The molecular formula is C17H22BrIN4O. The number of rotatable bonds is 5. The standard InChI is InChI=1S/C17H21BrN4O.HI/c1-19-17(20-11-14-8-6-10-16(21-14)23-3)22(2)12-13-7-4-5-9-15(13)18;/h4-10H,11-12H2,1-3H3,(H,19,20);1H. The van der Waals surface area contributed by atoms with Gasteiger partial charge < -0.3 is 15.0 Å². The summed E-state index contributed by atoms with van der Waals surface area (Å²) >= 11 is 3.58. The van der Waals surface area contributed by atoms with Crippen molar-refractivity contribution in [2.75, 3.05) is 21.2 Å². The van der Waals surface area contributed by atoms with Crippen LogP contribution in [0, 0.1) is 0 Å². The Morgan fingerprint density at radius 2 is 2.00 bits per heavy atom. The molecule has 130 valence electrons. The fourth-order valence-corrected chi connectivity index (χ4v) is 2.59. The normalized spacial score (nSPS) is 10.8. The summed E-state index contributed by atoms with van der Waals surface area (Å²) in [4.78, 5) is 10.8. The van der Waals surface area contributed by atoms with Crippen molar-refractivity contribution >= 4 is 45.9 Å². The maximum atomic E-state index is 5.14. The number of aromatic nitrogens is 1. The highest BCUT2D eigenvalue weighted by molar-refractivity contribution is 14.0. The van der Waals surface area contributed by atoms with Crippen LogP contribution in [0.2, 0.25) is 0 Å². The number of nitrogens with zero attached hydrogens (tertiary/aromatic N) is 3. The molecule has 1 N–H and O–H groups in total. The van der Waals surface area contributed by atoms with E-state index in [1.807, 2.05) is 43.4 Å². The van der Waals surface area contributed by atoms with Crippen LogP contribution < -0.4 is 10.1 Å². The van der Waals surface area contributed by atoms with Crippen LogP contribution in [0.5, 0.6) is 5.88 Å². The van der Waals surface area contributed by atoms with E-state index in [-0.39, 0.29) is 24.0 Å². The Hall–Kier alpha value is -1.35. The molecule has 2 aromatic rings. The van der Waals surface area contributed by atoms with E-state index in [9.17, 15) is 0 Å². The molecule has 0 aliphatic heterocycles. The molecule has 0 aliphatic rings. The maximum absolute atomic E-state index is 5.14. The lowest BCUT2D eigenvalue weighted by atomic mass is 10.2. The zero-order valence-corrected chi connectivity index (χ0v) is 17.9. The zero-order valence-electron chi connectivity index (χ0n) is 14.0. The number of hydrogen-bond donors (Lipinski definition) is 1. The van der Waals surface area contributed by atoms with Crippen molar-refractivity contribution in [2.24, 2.45) is 4.99 Å². The average Bonchev–Trinajstić information content (AvgIpc) is 2.57. The highest BCUT2D eigenvalue weighted by Gasteiger charge is 2.09. The van der Waals surface area contributed by atoms with E-state index in [4.69, 9.17) is 4.74 Å². The fraction of sp³-hybridized carbons (Fsp3) is 0.294. The molecule has 0 unspecified atom stereocenters. The molecule has 0 radical (unpaired) electrons. The molecule has 0 atom stereocenters. The van der Waals surface area contributed by atoms with Gasteiger partial charge in [-0.05, 0) is 17.7 Å². The topological polar surface area (TPSA) is 49.8 Å². The molecule has 0 saturated carbocycles. The number of hydrogen-bond acceptors (Lipinski definition) is 3. The van der Waals surface area contributed by atoms with Crippen LogP contribution in [-0.4, -0.2) is 37.0 Å². The predicted octanol–water partition coefficient (Wildman–Crippen LogP) is 3.68. The van der Waals surface area contributed by atoms with Gasteiger partial charge in [0.25, 0.3) is 0 Å². The van der Waals surface area contributed by atoms with Gasteiger partial charge in [0.05, 0.1) is 19.3 Å². The number of nitrogens with one attached hydrogen (secondary N) is 1. The Balaban J connectivity index is 0.00000288. The van der Waals surface area contributed by atoms with Crippen molar-refractivity contribution in [1.29, 1.82) is 0 Å². The first-order valence-corrected chi connectivity index (χ1v) is 8.08. The fourth-order valence-electron chi connectivity index (χ4n) is 2.18. The molecule has 1 heterocycles. The van der Waals surface area contributed by atoms with Gasteiger partial charge >= 0.3 is 0 Å². The highest BCUT2D eigenvalue weighted by Crippen LogP contribution is 2.17. The zero-order chi connectivity index (χ0) is 16.7. The lowest BCUT2D eigenvalue weighted by Gasteiger charge is -2.22. The van der Waals surface area contributed by atoms with E-state index in [0.717, 1.165) is 22.7 Å². The Labute approximate surface area is 168 Å². The number of guanidine groups is 1. The van der Waals surface area contributed by atoms with Crippen molar-refractivity contribution in [2.45, 2.75) is 13.1 Å². The minimum atomic E-state index is 0. The lowest BCUT2D eigenvalue weighted by Crippen LogP contribution is -2.38. The quantitative estimate of drug-likeness (QED) is 0.383. The predicted molar refractivity (Wildman–Crippen MR) is 112 cm³/mol. The first-order chi connectivity index (χ1) is 11.1. The lowest BCUT2D eigenvalue weighted by molar-refractivity contribution is 0.396. The van der Waals surface area contributed by atoms with E-state index in [1.54, 1.807) is 14.2 Å². The summed E-state index contributed by atoms with van der Waals surface area (Å²) in [6.45, 7) is 1.34. The van der Waals surface area contributed by atoms with E-state index < -0.39 is 0 Å². The van der Waals surface area contributed by atoms with Crippen molar-refractivity contribution < 1.29 is 4.74 Å². The van der Waals surface area contributed by atoms with Crippen LogP contribution in [0.4, 0.5) is 0 Å². The minimum Gasteiger partial charge on any atom is -0.481 e. The summed E-state index contributed by atoms with van der Waals surface area (Å²) < 4.78 is 6.24. The van der Waals surface area contributed by atoms with E-state index in [0.29, 0.717) is 12.4 Å². The molecule has 1 aromatic carbocycles. The SMILES string of the molecule is CN=C(NCc1cccc(OC)n1)N(C)Cc1ccccc1Br.I. The largest absolute Gasteiger partial charge is 0.481 e. The minimum absolute atomic E-state index is 0. The van der Waals surface area contributed by atoms with Crippen LogP contribution in [0.15, 0.2) is 51.9 Å². The average molecular weight is 505 g/mol. The van der Waals surface area contributed by atoms with Crippen molar-refractivity contribution in [1.82, 2.24) is 15.2 Å². The summed E-state index contributed by atoms with van der Waals surface area (Å²) in [5.41, 5.74) is 2.11. The molecular weight excluding hydrogens is 483 g/mol. The summed E-state index contributed by atoms with van der Waals surface area (Å²) in [7, 11) is 5.40. The number of benzene rings is 1. The molecule has 2 rings (SSSR count). The van der Waals surface area contributed by atoms with E-state index in [2.05, 4.69) is 42.2 Å². The highest BCUT2D eigenvalue weighted by atomic mass is 127. The van der Waals surface area contributed by atoms with Crippen molar-refractivity contribution in [3.63, 3.8) is 0 Å². The molecule has 7 heteroatoms. The summed E-state index contributed by atoms with van der Waals surface area (Å²) in [5, 5.41) is 3.32. The molecule has 5 nitrogen and oxygen atoms in total. The van der Waals surface area contributed by atoms with Crippen LogP contribution >= 0.6 is 39.9 Å². The molecule has 0 bridgehead atoms. The Morgan fingerprint density at radius 3 is 2.67 bits per heavy atom. The van der Waals surface area contributed by atoms with Gasteiger partial charge in [-0.2, -0.15) is 0 Å². The smallest absolute Gasteiger partial charge is 0.213 e. The molecule has 1 aromatic heterocycles. The molecule has 0 spiro atoms. The van der Waals surface area contributed by atoms with Crippen LogP contribution in [0.3, 0.4) is 0 Å². The second kappa shape index (κ2) is 10.5. The van der Waals surface area contributed by atoms with Gasteiger partial charge in [-0.3, -0.25) is 4.99 Å². The van der Waals surface area contributed by atoms with Gasteiger partial charge in [0, 0.05) is 31.2 Å². The summed E-state index contributed by atoms with van der Waals surface area (Å²) in [6.07, 6.45) is 0. The van der Waals surface area contributed by atoms with Gasteiger partial charge in [-0.25, -0.2) is 4.98 Å². The molecule has 24 heavy (non-hydrogen) atoms. The van der Waals surface area contributed by atoms with Crippen LogP contribution in [0.1, 0.15) is 11.3 Å². The summed E-state index contributed by atoms with van der Waals surface area (Å²) in [5.74, 6) is 1.42. The number of halogens is 2. The third-order valence-electron chi connectivity index (χ3n) is 3.36. The van der Waals surface area contributed by atoms with Gasteiger partial charge in [0.15, 0.2) is 5.96 Å². The van der Waals surface area contributed by atoms with Gasteiger partial charge in [0.2, 0.25) is 5.88 Å². The van der Waals surface area contributed by atoms with Crippen LogP contribution in [-0.2, 0) is 13.1 Å². The number of ether oxygens (including phenoxy) is 1. The first-order valence-electron chi connectivity index (χ1n) is 7.29. The van der Waals surface area contributed by atoms with Gasteiger partial charge in [-0.15, -0.1) is 24.0 Å². The third-order valence-corrected chi connectivity index (χ3v) is 4.13. The van der Waals surface area contributed by atoms with Gasteiger partial charge in [-0.1, -0.05) is 40.2 Å². The third kappa shape index (κ3) is 5.94. The maximum Gasteiger partial charge on any atom is 0.213 e. The van der Waals surface area contributed by atoms with Crippen LogP contribution in [0.25, 0.3) is 0 Å². The molecule has 0 amide bonds. The Bertz CT molecular complexity index is 681. The second-order valence-electron chi connectivity index (χ2n) is 5.02. The monoisotopic (exact) mass is 504 g/mol. The Morgan fingerprint density at radius 1 is 1.25 bits per heavy atom. The summed E-state index contributed by atoms with van der Waals surface area (Å²) in [6, 6.07) is 13.9. The molecule has 0 fully saturated rings. The van der Waals surface area contributed by atoms with Gasteiger partial charge in [0.1, 0.15) is 0 Å². The van der Waals surface area contributed by atoms with Crippen molar-refractivity contribution in [3.8, 4) is 5.88 Å². The second-order valence-corrected chi connectivity index (χ2v) is 5.87. The Kier molecular flexibility index (Phi) is 9.05. The van der Waals surface area contributed by atoms with E-state index >= 15 is 0 Å². The molecule has 0 aliphatic carbocycles. The number of methoxy groups -OCH3 is 1. The van der Waals surface area contributed by atoms with Crippen molar-refractivity contribution in [3.05, 3.63) is 58.2 Å². The number of aliphatic imine (C=N–C) groups is 1. The molecule has 0 saturated heterocycles.